The average molecular weight is 514 g/mol. The van der Waals surface area contributed by atoms with Gasteiger partial charge in [-0.1, -0.05) is 45.9 Å². The van der Waals surface area contributed by atoms with Gasteiger partial charge in [-0.2, -0.15) is 0 Å². The summed E-state index contributed by atoms with van der Waals surface area (Å²) in [6.45, 7) is 0. The van der Waals surface area contributed by atoms with Gasteiger partial charge in [-0.15, -0.1) is 10.2 Å². The minimum atomic E-state index is -0.567. The fraction of sp³-hybridized carbons (Fsp3) is 0.0625. The number of nitro benzene ring substituents is 1. The lowest BCUT2D eigenvalue weighted by atomic mass is 10.2. The molecule has 3 aromatic rings. The van der Waals surface area contributed by atoms with Gasteiger partial charge in [0.15, 0.2) is 0 Å². The second kappa shape index (κ2) is 8.63. The number of carbonyl (C=O) groups excluding carboxylic acids is 1. The van der Waals surface area contributed by atoms with Gasteiger partial charge in [-0.05, 0) is 34.1 Å². The highest BCUT2D eigenvalue weighted by Gasteiger charge is 2.21. The molecule has 0 unspecified atom stereocenters. The first kappa shape index (κ1) is 19.5. The van der Waals surface area contributed by atoms with Crippen LogP contribution in [0.15, 0.2) is 61.0 Å². The van der Waals surface area contributed by atoms with Crippen molar-refractivity contribution in [1.29, 1.82) is 0 Å². The molecule has 1 N–H and O–H groups in total. The van der Waals surface area contributed by atoms with Gasteiger partial charge in [0.25, 0.3) is 10.9 Å². The van der Waals surface area contributed by atoms with Crippen molar-refractivity contribution in [1.82, 2.24) is 10.2 Å². The maximum atomic E-state index is 12.2. The zero-order valence-corrected chi connectivity index (χ0v) is 17.4. The number of nitrogens with zero attached hydrogens (tertiary/aromatic N) is 3. The predicted molar refractivity (Wildman–Crippen MR) is 108 cm³/mol. The molecule has 0 atom stereocenters. The monoisotopic (exact) mass is 512 g/mol. The van der Waals surface area contributed by atoms with Gasteiger partial charge >= 0.3 is 0 Å². The number of carbonyl (C=O) groups is 1. The van der Waals surface area contributed by atoms with Crippen LogP contribution in [0.25, 0.3) is 11.5 Å². The molecule has 0 aliphatic heterocycles. The first-order valence-corrected chi connectivity index (χ1v) is 9.96. The zero-order chi connectivity index (χ0) is 19.4. The molecule has 3 rings (SSSR count). The topological polar surface area (TPSA) is 111 Å². The number of hydrogen-bond acceptors (Lipinski definition) is 7. The van der Waals surface area contributed by atoms with Gasteiger partial charge in [-0.25, -0.2) is 0 Å². The van der Waals surface area contributed by atoms with Crippen LogP contribution in [0.4, 0.5) is 11.4 Å². The van der Waals surface area contributed by atoms with Crippen molar-refractivity contribution in [2.45, 2.75) is 5.22 Å². The lowest BCUT2D eigenvalue weighted by Crippen LogP contribution is -2.15. The van der Waals surface area contributed by atoms with E-state index in [1.165, 1.54) is 6.07 Å². The molecule has 0 bridgehead atoms. The number of benzene rings is 2. The van der Waals surface area contributed by atoms with Crippen LogP contribution < -0.4 is 5.32 Å². The normalized spacial score (nSPS) is 10.6. The summed E-state index contributed by atoms with van der Waals surface area (Å²) in [6, 6.07) is 12.2. The van der Waals surface area contributed by atoms with E-state index in [-0.39, 0.29) is 22.4 Å². The lowest BCUT2D eigenvalue weighted by Gasteiger charge is -2.08. The fourth-order valence-corrected chi connectivity index (χ4v) is 3.96. The van der Waals surface area contributed by atoms with E-state index in [1.807, 2.05) is 30.3 Å². The second-order valence-corrected chi connectivity index (χ2v) is 7.81. The zero-order valence-electron chi connectivity index (χ0n) is 13.4. The number of aromatic nitrogens is 2. The first-order chi connectivity index (χ1) is 12.9. The van der Waals surface area contributed by atoms with Crippen LogP contribution in [0.1, 0.15) is 0 Å². The van der Waals surface area contributed by atoms with Gasteiger partial charge in [0.1, 0.15) is 5.69 Å². The van der Waals surface area contributed by atoms with Crippen molar-refractivity contribution in [2.75, 3.05) is 11.1 Å². The van der Waals surface area contributed by atoms with Gasteiger partial charge in [-0.3, -0.25) is 14.9 Å². The Morgan fingerprint density at radius 1 is 1.22 bits per heavy atom. The Morgan fingerprint density at radius 2 is 1.96 bits per heavy atom. The van der Waals surface area contributed by atoms with E-state index in [0.717, 1.165) is 17.3 Å². The maximum absolute atomic E-state index is 12.2. The summed E-state index contributed by atoms with van der Waals surface area (Å²) in [5, 5.41) is 21.8. The number of rotatable bonds is 6. The number of halogens is 2. The highest BCUT2D eigenvalue weighted by molar-refractivity contribution is 9.11. The molecular formula is C16H10Br2N4O4S. The summed E-state index contributed by atoms with van der Waals surface area (Å²) in [5.41, 5.74) is 0.638. The van der Waals surface area contributed by atoms with Crippen LogP contribution in [-0.4, -0.2) is 26.8 Å². The third-order valence-corrected chi connectivity index (χ3v) is 5.15. The van der Waals surface area contributed by atoms with E-state index < -0.39 is 10.8 Å². The van der Waals surface area contributed by atoms with Crippen molar-refractivity contribution >= 4 is 60.9 Å². The highest BCUT2D eigenvalue weighted by Crippen LogP contribution is 2.36. The van der Waals surface area contributed by atoms with Crippen LogP contribution in [-0.2, 0) is 4.79 Å². The van der Waals surface area contributed by atoms with Crippen molar-refractivity contribution in [3.63, 3.8) is 0 Å². The summed E-state index contributed by atoms with van der Waals surface area (Å²) in [4.78, 5) is 22.8. The molecule has 0 saturated carbocycles. The molecule has 0 radical (unpaired) electrons. The Balaban J connectivity index is 1.66. The quantitative estimate of drug-likeness (QED) is 0.283. The first-order valence-electron chi connectivity index (χ1n) is 7.39. The summed E-state index contributed by atoms with van der Waals surface area (Å²) >= 11 is 7.45. The lowest BCUT2D eigenvalue weighted by molar-refractivity contribution is -0.384. The molecule has 11 heteroatoms. The van der Waals surface area contributed by atoms with E-state index in [1.54, 1.807) is 6.07 Å². The summed E-state index contributed by atoms with van der Waals surface area (Å²) in [7, 11) is 0. The smallest absolute Gasteiger partial charge is 0.295 e. The van der Waals surface area contributed by atoms with Crippen LogP contribution in [0, 0.1) is 10.1 Å². The third-order valence-electron chi connectivity index (χ3n) is 3.25. The Morgan fingerprint density at radius 3 is 2.67 bits per heavy atom. The van der Waals surface area contributed by atoms with Crippen LogP contribution in [0.2, 0.25) is 0 Å². The Labute approximate surface area is 174 Å². The maximum Gasteiger partial charge on any atom is 0.295 e. The molecule has 0 aliphatic rings. The minimum absolute atomic E-state index is 0.0456. The number of thioether (sulfide) groups is 1. The van der Waals surface area contributed by atoms with E-state index >= 15 is 0 Å². The number of nitrogens with one attached hydrogen (secondary N) is 1. The summed E-state index contributed by atoms with van der Waals surface area (Å²) < 4.78 is 6.42. The predicted octanol–water partition coefficient (Wildman–Crippen LogP) is 4.90. The molecule has 27 heavy (non-hydrogen) atoms. The van der Waals surface area contributed by atoms with Crippen molar-refractivity contribution in [3.8, 4) is 11.5 Å². The molecule has 0 aliphatic carbocycles. The number of anilines is 1. The molecule has 0 spiro atoms. The highest BCUT2D eigenvalue weighted by atomic mass is 79.9. The standard InChI is InChI=1S/C16H10Br2N4O4S/c17-10-6-11(18)14(12(7-10)22(24)25)19-13(23)8-27-16-21-20-15(26-16)9-4-2-1-3-5-9/h1-7H,8H2,(H,19,23). The number of nitro groups is 1. The molecule has 0 saturated heterocycles. The molecular weight excluding hydrogens is 504 g/mol. The SMILES string of the molecule is O=C(CSc1nnc(-c2ccccc2)o1)Nc1c(Br)cc(Br)cc1[N+](=O)[O-]. The van der Waals surface area contributed by atoms with Gasteiger partial charge in [0.05, 0.1) is 10.7 Å². The largest absolute Gasteiger partial charge is 0.411 e. The Kier molecular flexibility index (Phi) is 6.24. The van der Waals surface area contributed by atoms with Crippen molar-refractivity contribution < 1.29 is 14.1 Å². The van der Waals surface area contributed by atoms with Crippen LogP contribution in [0.3, 0.4) is 0 Å². The molecule has 0 fully saturated rings. The van der Waals surface area contributed by atoms with Gasteiger partial charge in [0, 0.05) is 20.6 Å². The molecule has 8 nitrogen and oxygen atoms in total. The average Bonchev–Trinajstić information content (AvgIpc) is 3.11. The second-order valence-electron chi connectivity index (χ2n) is 5.11. The Bertz CT molecular complexity index is 997. The summed E-state index contributed by atoms with van der Waals surface area (Å²) in [6.07, 6.45) is 0. The molecule has 2 aromatic carbocycles. The van der Waals surface area contributed by atoms with Crippen molar-refractivity contribution in [2.24, 2.45) is 0 Å². The van der Waals surface area contributed by atoms with E-state index in [0.29, 0.717) is 14.8 Å². The van der Waals surface area contributed by atoms with Crippen molar-refractivity contribution in [3.05, 3.63) is 61.5 Å². The van der Waals surface area contributed by atoms with Crippen LogP contribution in [0.5, 0.6) is 0 Å². The van der Waals surface area contributed by atoms with E-state index in [2.05, 4.69) is 47.4 Å². The van der Waals surface area contributed by atoms with Gasteiger partial charge < -0.3 is 9.73 Å². The summed E-state index contributed by atoms with van der Waals surface area (Å²) in [5.74, 6) is -0.133. The Hall–Kier alpha value is -2.24. The third kappa shape index (κ3) is 4.93. The molecule has 1 heterocycles. The number of amides is 1. The van der Waals surface area contributed by atoms with Crippen LogP contribution >= 0.6 is 43.6 Å². The van der Waals surface area contributed by atoms with E-state index in [4.69, 9.17) is 4.42 Å². The molecule has 138 valence electrons. The molecule has 1 aromatic heterocycles. The minimum Gasteiger partial charge on any atom is -0.411 e. The molecule has 1 amide bonds. The van der Waals surface area contributed by atoms with Gasteiger partial charge in [0.2, 0.25) is 11.8 Å². The number of hydrogen-bond donors (Lipinski definition) is 1. The fourth-order valence-electron chi connectivity index (χ4n) is 2.10. The van der Waals surface area contributed by atoms with E-state index in [9.17, 15) is 14.9 Å².